The maximum Gasteiger partial charge on any atom is 0.254 e. The van der Waals surface area contributed by atoms with Crippen LogP contribution in [0.2, 0.25) is 0 Å². The number of benzene rings is 1. The van der Waals surface area contributed by atoms with Crippen LogP contribution in [0.15, 0.2) is 42.6 Å². The Labute approximate surface area is 136 Å². The third kappa shape index (κ3) is 2.97. The predicted octanol–water partition coefficient (Wildman–Crippen LogP) is 4.42. The molecule has 0 aliphatic carbocycles. The Balaban J connectivity index is 1.92. The molecule has 0 unspecified atom stereocenters. The predicted molar refractivity (Wildman–Crippen MR) is 90.4 cm³/mol. The van der Waals surface area contributed by atoms with Crippen molar-refractivity contribution in [2.45, 2.75) is 32.2 Å². The Morgan fingerprint density at radius 3 is 2.77 bits per heavy atom. The number of nitrogens with one attached hydrogen (secondary N) is 1. The van der Waals surface area contributed by atoms with Gasteiger partial charge in [-0.25, -0.2) is 0 Å². The van der Waals surface area contributed by atoms with E-state index in [9.17, 15) is 4.79 Å². The van der Waals surface area contributed by atoms with Gasteiger partial charge in [0.05, 0.1) is 6.04 Å². The minimum atomic E-state index is 0.116. The van der Waals surface area contributed by atoms with Gasteiger partial charge in [-0.15, -0.1) is 0 Å². The first-order chi connectivity index (χ1) is 10.7. The third-order valence-electron chi connectivity index (χ3n) is 4.28. The van der Waals surface area contributed by atoms with Crippen molar-refractivity contribution in [2.75, 3.05) is 6.54 Å². The number of nitrogens with zero attached hydrogens (tertiary/aromatic N) is 1. The highest BCUT2D eigenvalue weighted by molar-refractivity contribution is 7.71. The third-order valence-corrected chi connectivity index (χ3v) is 4.72. The second-order valence-corrected chi connectivity index (χ2v) is 6.23. The van der Waals surface area contributed by atoms with Crippen LogP contribution < -0.4 is 0 Å². The summed E-state index contributed by atoms with van der Waals surface area (Å²) in [5.41, 5.74) is 2.97. The van der Waals surface area contributed by atoms with Gasteiger partial charge in [0.15, 0.2) is 0 Å². The number of pyridine rings is 1. The Bertz CT molecular complexity index is 723. The molecule has 0 radical (unpaired) electrons. The fraction of sp³-hybridized carbons (Fsp3) is 0.333. The summed E-state index contributed by atoms with van der Waals surface area (Å²) in [4.78, 5) is 18.0. The topological polar surface area (TPSA) is 36.1 Å². The molecule has 1 N–H and O–H groups in total. The number of carbonyl (C=O) groups is 1. The van der Waals surface area contributed by atoms with Crippen LogP contribution in [0.5, 0.6) is 0 Å². The summed E-state index contributed by atoms with van der Waals surface area (Å²) in [6, 6.07) is 11.8. The molecule has 1 aromatic heterocycles. The molecular weight excluding hydrogens is 292 g/mol. The van der Waals surface area contributed by atoms with Crippen LogP contribution in [-0.2, 0) is 0 Å². The molecule has 2 heterocycles. The lowest BCUT2D eigenvalue weighted by molar-refractivity contribution is 0.0611. The van der Waals surface area contributed by atoms with E-state index in [4.69, 9.17) is 12.2 Å². The van der Waals surface area contributed by atoms with Gasteiger partial charge in [0.1, 0.15) is 4.64 Å². The summed E-state index contributed by atoms with van der Waals surface area (Å²) in [7, 11) is 0. The molecule has 1 amide bonds. The standard InChI is InChI=1S/C18H20N2OS/c1-13-11-15(12-19-17(13)22)16-9-5-6-10-20(16)18(21)14-7-3-2-4-8-14/h2-4,7-8,11-12,16H,5-6,9-10H2,1H3,(H,19,22)/t16-/m0/s1. The number of amides is 1. The SMILES string of the molecule is Cc1cc([C@@H]2CCCCN2C(=O)c2ccccc2)c[nH]c1=S. The summed E-state index contributed by atoms with van der Waals surface area (Å²) in [5.74, 6) is 0.116. The zero-order valence-corrected chi connectivity index (χ0v) is 13.5. The zero-order valence-electron chi connectivity index (χ0n) is 12.7. The zero-order chi connectivity index (χ0) is 15.5. The summed E-state index contributed by atoms with van der Waals surface area (Å²) in [6.07, 6.45) is 5.17. The number of piperidine rings is 1. The molecule has 1 fully saturated rings. The van der Waals surface area contributed by atoms with E-state index in [0.29, 0.717) is 0 Å². The van der Waals surface area contributed by atoms with Crippen molar-refractivity contribution < 1.29 is 4.79 Å². The first kappa shape index (κ1) is 15.0. The maximum atomic E-state index is 12.8. The lowest BCUT2D eigenvalue weighted by Gasteiger charge is -2.36. The van der Waals surface area contributed by atoms with Crippen LogP contribution in [0.1, 0.15) is 46.8 Å². The molecule has 0 spiro atoms. The second kappa shape index (κ2) is 6.44. The molecule has 3 nitrogen and oxygen atoms in total. The first-order valence-corrected chi connectivity index (χ1v) is 8.13. The van der Waals surface area contributed by atoms with E-state index in [1.807, 2.05) is 48.4 Å². The van der Waals surface area contributed by atoms with Crippen molar-refractivity contribution in [3.8, 4) is 0 Å². The molecular formula is C18H20N2OS. The van der Waals surface area contributed by atoms with E-state index in [1.165, 1.54) is 0 Å². The van der Waals surface area contributed by atoms with Gasteiger partial charge in [0.25, 0.3) is 5.91 Å². The molecule has 1 aliphatic rings. The molecule has 1 atom stereocenters. The van der Waals surface area contributed by atoms with E-state index in [1.54, 1.807) is 0 Å². The fourth-order valence-corrected chi connectivity index (χ4v) is 3.20. The number of likely N-dealkylation sites (tertiary alicyclic amines) is 1. The number of carbonyl (C=O) groups excluding carboxylic acids is 1. The number of aromatic amines is 1. The van der Waals surface area contributed by atoms with Gasteiger partial charge in [-0.05, 0) is 55.5 Å². The van der Waals surface area contributed by atoms with Gasteiger partial charge in [-0.1, -0.05) is 30.4 Å². The quantitative estimate of drug-likeness (QED) is 0.833. The first-order valence-electron chi connectivity index (χ1n) is 7.72. The molecule has 22 heavy (non-hydrogen) atoms. The van der Waals surface area contributed by atoms with Gasteiger partial charge >= 0.3 is 0 Å². The van der Waals surface area contributed by atoms with Crippen LogP contribution >= 0.6 is 12.2 Å². The Morgan fingerprint density at radius 1 is 1.27 bits per heavy atom. The van der Waals surface area contributed by atoms with Gasteiger partial charge in [0, 0.05) is 18.3 Å². The van der Waals surface area contributed by atoms with E-state index < -0.39 is 0 Å². The highest BCUT2D eigenvalue weighted by Crippen LogP contribution is 2.32. The molecule has 114 valence electrons. The molecule has 1 saturated heterocycles. The largest absolute Gasteiger partial charge is 0.352 e. The minimum Gasteiger partial charge on any atom is -0.352 e. The van der Waals surface area contributed by atoms with Crippen LogP contribution in [0.25, 0.3) is 0 Å². The normalized spacial score (nSPS) is 18.2. The monoisotopic (exact) mass is 312 g/mol. The van der Waals surface area contributed by atoms with Gasteiger partial charge in [-0.2, -0.15) is 0 Å². The Hall–Kier alpha value is -1.94. The molecule has 0 bridgehead atoms. The smallest absolute Gasteiger partial charge is 0.254 e. The number of aromatic nitrogens is 1. The van der Waals surface area contributed by atoms with Crippen molar-refractivity contribution in [1.29, 1.82) is 0 Å². The number of hydrogen-bond acceptors (Lipinski definition) is 2. The van der Waals surface area contributed by atoms with Crippen molar-refractivity contribution in [3.05, 3.63) is 63.9 Å². The lowest BCUT2D eigenvalue weighted by Crippen LogP contribution is -2.38. The molecule has 4 heteroatoms. The van der Waals surface area contributed by atoms with Crippen LogP contribution in [0.4, 0.5) is 0 Å². The van der Waals surface area contributed by atoms with Crippen LogP contribution in [-0.4, -0.2) is 22.3 Å². The number of H-pyrrole nitrogens is 1. The summed E-state index contributed by atoms with van der Waals surface area (Å²) in [5, 5.41) is 0. The summed E-state index contributed by atoms with van der Waals surface area (Å²) in [6.45, 7) is 2.82. The number of rotatable bonds is 2. The highest BCUT2D eigenvalue weighted by atomic mass is 32.1. The summed E-state index contributed by atoms with van der Waals surface area (Å²) < 4.78 is 0.764. The average Bonchev–Trinajstić information content (AvgIpc) is 2.57. The molecule has 0 saturated carbocycles. The maximum absolute atomic E-state index is 12.8. The Kier molecular flexibility index (Phi) is 4.39. The molecule has 3 rings (SSSR count). The van der Waals surface area contributed by atoms with Crippen molar-refractivity contribution in [1.82, 2.24) is 9.88 Å². The van der Waals surface area contributed by atoms with Crippen molar-refractivity contribution in [3.63, 3.8) is 0 Å². The fourth-order valence-electron chi connectivity index (χ4n) is 3.08. The minimum absolute atomic E-state index is 0.116. The van der Waals surface area contributed by atoms with Gasteiger partial charge in [-0.3, -0.25) is 4.79 Å². The summed E-state index contributed by atoms with van der Waals surface area (Å²) >= 11 is 5.24. The number of hydrogen-bond donors (Lipinski definition) is 1. The van der Waals surface area contributed by atoms with E-state index in [-0.39, 0.29) is 11.9 Å². The average molecular weight is 312 g/mol. The van der Waals surface area contributed by atoms with E-state index in [2.05, 4.69) is 11.1 Å². The van der Waals surface area contributed by atoms with Crippen LogP contribution in [0.3, 0.4) is 0 Å². The van der Waals surface area contributed by atoms with Crippen molar-refractivity contribution in [2.24, 2.45) is 0 Å². The number of aryl methyl sites for hydroxylation is 1. The highest BCUT2D eigenvalue weighted by Gasteiger charge is 2.28. The molecule has 1 aromatic carbocycles. The molecule has 2 aromatic rings. The van der Waals surface area contributed by atoms with E-state index >= 15 is 0 Å². The van der Waals surface area contributed by atoms with Gasteiger partial charge < -0.3 is 9.88 Å². The Morgan fingerprint density at radius 2 is 2.05 bits per heavy atom. The van der Waals surface area contributed by atoms with Crippen molar-refractivity contribution >= 4 is 18.1 Å². The molecule has 1 aliphatic heterocycles. The van der Waals surface area contributed by atoms with Crippen LogP contribution in [0, 0.1) is 11.6 Å². The van der Waals surface area contributed by atoms with E-state index in [0.717, 1.165) is 47.1 Å². The van der Waals surface area contributed by atoms with Gasteiger partial charge in [0.2, 0.25) is 0 Å². The second-order valence-electron chi connectivity index (χ2n) is 5.82. The lowest BCUT2D eigenvalue weighted by atomic mass is 9.95.